The molecule has 2 aliphatic rings. The molecule has 0 saturated carbocycles. The van der Waals surface area contributed by atoms with E-state index in [1.165, 1.54) is 12.1 Å². The number of aromatic nitrogens is 2. The highest BCUT2D eigenvalue weighted by atomic mass is 19.1. The number of fused-ring (bicyclic) bond motifs is 1. The van der Waals surface area contributed by atoms with Gasteiger partial charge in [-0.15, -0.1) is 0 Å². The van der Waals surface area contributed by atoms with Crippen molar-refractivity contribution in [3.63, 3.8) is 0 Å². The normalized spacial score (nSPS) is 20.5. The summed E-state index contributed by atoms with van der Waals surface area (Å²) in [6.07, 6.45) is 5.80. The Morgan fingerprint density at radius 1 is 1.04 bits per heavy atom. The van der Waals surface area contributed by atoms with Crippen LogP contribution in [0.15, 0.2) is 60.7 Å². The number of hydrogen-bond donors (Lipinski definition) is 1. The molecule has 1 aromatic heterocycles. The Bertz CT molecular complexity index is 1050. The van der Waals surface area contributed by atoms with E-state index in [1.807, 2.05) is 41.3 Å². The highest BCUT2D eigenvalue weighted by molar-refractivity contribution is 5.97. The van der Waals surface area contributed by atoms with E-state index in [0.29, 0.717) is 12.1 Å². The first kappa shape index (κ1) is 16.9. The van der Waals surface area contributed by atoms with Gasteiger partial charge in [0.2, 0.25) is 0 Å². The molecule has 1 unspecified atom stereocenters. The van der Waals surface area contributed by atoms with E-state index in [0.717, 1.165) is 41.9 Å². The summed E-state index contributed by atoms with van der Waals surface area (Å²) in [4.78, 5) is 14.5. The number of amides is 1. The minimum absolute atomic E-state index is 0.0117. The standard InChI is InChI=1S/C23H20FN3O/c24-18-9-7-17(8-10-18)23(16-5-2-1-3-6-16)12-11-19-20(15-23)25-26-21(19)22(28)27-13-4-14-27/h1-3,5-12H,4,13-15H2,(H,25,26). The monoisotopic (exact) mass is 373 g/mol. The quantitative estimate of drug-likeness (QED) is 0.756. The van der Waals surface area contributed by atoms with E-state index in [-0.39, 0.29) is 11.7 Å². The van der Waals surface area contributed by atoms with Crippen LogP contribution in [0.2, 0.25) is 0 Å². The highest BCUT2D eigenvalue weighted by Crippen LogP contribution is 2.41. The van der Waals surface area contributed by atoms with Crippen molar-refractivity contribution < 1.29 is 9.18 Å². The lowest BCUT2D eigenvalue weighted by Gasteiger charge is -2.35. The summed E-state index contributed by atoms with van der Waals surface area (Å²) in [6.45, 7) is 1.60. The van der Waals surface area contributed by atoms with Gasteiger partial charge in [0.25, 0.3) is 5.91 Å². The van der Waals surface area contributed by atoms with Gasteiger partial charge < -0.3 is 4.90 Å². The molecule has 1 atom stereocenters. The number of H-pyrrole nitrogens is 1. The number of nitrogens with zero attached hydrogens (tertiary/aromatic N) is 2. The molecule has 2 heterocycles. The SMILES string of the molecule is O=C(c1n[nH]c2c1C=CC(c1ccccc1)(c1ccc(F)cc1)C2)N1CCC1. The molecule has 0 spiro atoms. The zero-order valence-corrected chi connectivity index (χ0v) is 15.4. The number of likely N-dealkylation sites (tertiary alicyclic amines) is 1. The van der Waals surface area contributed by atoms with Gasteiger partial charge in [-0.3, -0.25) is 9.89 Å². The number of rotatable bonds is 3. The average Bonchev–Trinajstić information content (AvgIpc) is 3.10. The smallest absolute Gasteiger partial charge is 0.274 e. The topological polar surface area (TPSA) is 49.0 Å². The number of halogens is 1. The van der Waals surface area contributed by atoms with E-state index in [4.69, 9.17) is 0 Å². The molecule has 1 fully saturated rings. The van der Waals surface area contributed by atoms with E-state index in [1.54, 1.807) is 0 Å². The number of benzene rings is 2. The fourth-order valence-electron chi connectivity index (χ4n) is 4.14. The Hall–Kier alpha value is -3.21. The van der Waals surface area contributed by atoms with Crippen molar-refractivity contribution in [1.29, 1.82) is 0 Å². The maximum absolute atomic E-state index is 13.6. The predicted octanol–water partition coefficient (Wildman–Crippen LogP) is 3.95. The van der Waals surface area contributed by atoms with Crippen molar-refractivity contribution in [2.24, 2.45) is 0 Å². The minimum atomic E-state index is -0.439. The second-order valence-electron chi connectivity index (χ2n) is 7.46. The zero-order valence-electron chi connectivity index (χ0n) is 15.4. The van der Waals surface area contributed by atoms with Crippen LogP contribution in [-0.2, 0) is 11.8 Å². The fraction of sp³-hybridized carbons (Fsp3) is 0.217. The lowest BCUT2D eigenvalue weighted by atomic mass is 9.68. The van der Waals surface area contributed by atoms with Crippen LogP contribution in [0.5, 0.6) is 0 Å². The van der Waals surface area contributed by atoms with E-state index in [2.05, 4.69) is 28.4 Å². The summed E-state index contributed by atoms with van der Waals surface area (Å²) in [5.41, 5.74) is 3.98. The Morgan fingerprint density at radius 2 is 1.75 bits per heavy atom. The van der Waals surface area contributed by atoms with Crippen molar-refractivity contribution in [1.82, 2.24) is 15.1 Å². The summed E-state index contributed by atoms with van der Waals surface area (Å²) < 4.78 is 13.6. The number of carbonyl (C=O) groups is 1. The third kappa shape index (κ3) is 2.58. The molecule has 2 aromatic carbocycles. The Labute approximate surface area is 162 Å². The number of nitrogens with one attached hydrogen (secondary N) is 1. The van der Waals surface area contributed by atoms with Gasteiger partial charge in [0.15, 0.2) is 5.69 Å². The maximum Gasteiger partial charge on any atom is 0.274 e. The summed E-state index contributed by atoms with van der Waals surface area (Å²) >= 11 is 0. The highest BCUT2D eigenvalue weighted by Gasteiger charge is 2.38. The molecule has 1 amide bonds. The Morgan fingerprint density at radius 3 is 2.43 bits per heavy atom. The van der Waals surface area contributed by atoms with Gasteiger partial charge in [-0.2, -0.15) is 5.10 Å². The first-order valence-electron chi connectivity index (χ1n) is 9.55. The molecule has 1 aliphatic heterocycles. The molecule has 1 saturated heterocycles. The number of hydrogen-bond acceptors (Lipinski definition) is 2. The fourth-order valence-corrected chi connectivity index (χ4v) is 4.14. The first-order valence-corrected chi connectivity index (χ1v) is 9.55. The van der Waals surface area contributed by atoms with Crippen LogP contribution in [0.4, 0.5) is 4.39 Å². The summed E-state index contributed by atoms with van der Waals surface area (Å²) in [5.74, 6) is -0.265. The Balaban J connectivity index is 1.60. The number of allylic oxidation sites excluding steroid dienone is 1. The molecule has 5 rings (SSSR count). The van der Waals surface area contributed by atoms with Crippen molar-refractivity contribution in [2.75, 3.05) is 13.1 Å². The van der Waals surface area contributed by atoms with Crippen LogP contribution in [0.3, 0.4) is 0 Å². The van der Waals surface area contributed by atoms with Gasteiger partial charge >= 0.3 is 0 Å². The van der Waals surface area contributed by atoms with Crippen LogP contribution in [0, 0.1) is 5.82 Å². The van der Waals surface area contributed by atoms with Crippen molar-refractivity contribution in [3.05, 3.63) is 94.6 Å². The van der Waals surface area contributed by atoms with Crippen LogP contribution < -0.4 is 0 Å². The summed E-state index contributed by atoms with van der Waals surface area (Å²) in [7, 11) is 0. The molecule has 1 N–H and O–H groups in total. The lowest BCUT2D eigenvalue weighted by Crippen LogP contribution is -2.42. The summed E-state index contributed by atoms with van der Waals surface area (Å²) in [5, 5.41) is 7.43. The third-order valence-electron chi connectivity index (χ3n) is 5.87. The largest absolute Gasteiger partial charge is 0.337 e. The average molecular weight is 373 g/mol. The molecule has 28 heavy (non-hydrogen) atoms. The second-order valence-corrected chi connectivity index (χ2v) is 7.46. The first-order chi connectivity index (χ1) is 13.7. The molecular formula is C23H20FN3O. The predicted molar refractivity (Wildman–Crippen MR) is 105 cm³/mol. The molecule has 3 aromatic rings. The third-order valence-corrected chi connectivity index (χ3v) is 5.87. The molecule has 5 heteroatoms. The van der Waals surface area contributed by atoms with Crippen LogP contribution in [-0.4, -0.2) is 34.1 Å². The zero-order chi connectivity index (χ0) is 19.1. The van der Waals surface area contributed by atoms with Gasteiger partial charge in [0, 0.05) is 36.2 Å². The molecule has 0 bridgehead atoms. The minimum Gasteiger partial charge on any atom is -0.337 e. The second kappa shape index (κ2) is 6.44. The van der Waals surface area contributed by atoms with Crippen molar-refractivity contribution in [3.8, 4) is 0 Å². The van der Waals surface area contributed by atoms with Crippen LogP contribution in [0.25, 0.3) is 6.08 Å². The van der Waals surface area contributed by atoms with Gasteiger partial charge in [-0.1, -0.05) is 54.6 Å². The van der Waals surface area contributed by atoms with Crippen LogP contribution in [0.1, 0.15) is 39.3 Å². The molecule has 1 aliphatic carbocycles. The molecule has 0 radical (unpaired) electrons. The van der Waals surface area contributed by atoms with Gasteiger partial charge in [-0.05, 0) is 29.7 Å². The Kier molecular flexibility index (Phi) is 3.90. The number of carbonyl (C=O) groups excluding carboxylic acids is 1. The summed E-state index contributed by atoms with van der Waals surface area (Å²) in [6, 6.07) is 16.8. The molecule has 140 valence electrons. The van der Waals surface area contributed by atoms with Crippen molar-refractivity contribution >= 4 is 12.0 Å². The van der Waals surface area contributed by atoms with E-state index < -0.39 is 5.41 Å². The van der Waals surface area contributed by atoms with Gasteiger partial charge in [0.1, 0.15) is 5.82 Å². The van der Waals surface area contributed by atoms with Crippen molar-refractivity contribution in [2.45, 2.75) is 18.3 Å². The van der Waals surface area contributed by atoms with E-state index in [9.17, 15) is 9.18 Å². The van der Waals surface area contributed by atoms with E-state index >= 15 is 0 Å². The lowest BCUT2D eigenvalue weighted by molar-refractivity contribution is 0.0645. The maximum atomic E-state index is 13.6. The molecular weight excluding hydrogens is 353 g/mol. The van der Waals surface area contributed by atoms with Gasteiger partial charge in [-0.25, -0.2) is 4.39 Å². The van der Waals surface area contributed by atoms with Crippen LogP contribution >= 0.6 is 0 Å². The molecule has 4 nitrogen and oxygen atoms in total. The number of aromatic amines is 1. The van der Waals surface area contributed by atoms with Gasteiger partial charge in [0.05, 0.1) is 0 Å².